The van der Waals surface area contributed by atoms with Crippen molar-refractivity contribution in [1.82, 2.24) is 19.5 Å². The predicted molar refractivity (Wildman–Crippen MR) is 70.8 cm³/mol. The van der Waals surface area contributed by atoms with Crippen LogP contribution in [-0.4, -0.2) is 19.5 Å². The van der Waals surface area contributed by atoms with Gasteiger partial charge in [0.25, 0.3) is 5.56 Å². The van der Waals surface area contributed by atoms with E-state index in [1.54, 1.807) is 18.2 Å². The quantitative estimate of drug-likeness (QED) is 0.721. The molecule has 3 aromatic rings. The third-order valence-electron chi connectivity index (χ3n) is 2.65. The number of rotatable bonds is 1. The van der Waals surface area contributed by atoms with Crippen LogP contribution in [0.15, 0.2) is 46.4 Å². The molecule has 0 spiro atoms. The van der Waals surface area contributed by atoms with Crippen LogP contribution in [0, 0.1) is 0 Å². The van der Waals surface area contributed by atoms with Crippen molar-refractivity contribution < 1.29 is 0 Å². The van der Waals surface area contributed by atoms with Crippen LogP contribution in [0.1, 0.15) is 0 Å². The van der Waals surface area contributed by atoms with Crippen LogP contribution >= 0.6 is 11.6 Å². The summed E-state index contributed by atoms with van der Waals surface area (Å²) in [6.45, 7) is 0. The molecule has 1 aromatic carbocycles. The molecule has 0 fully saturated rings. The van der Waals surface area contributed by atoms with E-state index >= 15 is 0 Å². The van der Waals surface area contributed by atoms with Crippen LogP contribution in [0.3, 0.4) is 0 Å². The predicted octanol–water partition coefficient (Wildman–Crippen LogP) is 1.12. The smallest absolute Gasteiger partial charge is 0.273 e. The van der Waals surface area contributed by atoms with Gasteiger partial charge in [-0.3, -0.25) is 14.8 Å². The fourth-order valence-corrected chi connectivity index (χ4v) is 2.01. The fraction of sp³-hybridized carbons (Fsp3) is 0. The summed E-state index contributed by atoms with van der Waals surface area (Å²) in [5.41, 5.74) is -0.654. The normalized spacial score (nSPS) is 10.8. The van der Waals surface area contributed by atoms with Gasteiger partial charge in [-0.15, -0.1) is 0 Å². The van der Waals surface area contributed by atoms with Gasteiger partial charge in [-0.2, -0.15) is 0 Å². The first kappa shape index (κ1) is 11.6. The topological polar surface area (TPSA) is 80.6 Å². The number of hydrogen-bond acceptors (Lipinski definition) is 4. The highest BCUT2D eigenvalue weighted by Gasteiger charge is 2.10. The summed E-state index contributed by atoms with van der Waals surface area (Å²) in [4.78, 5) is 33.9. The number of fused-ring (bicyclic) bond motifs is 1. The maximum Gasteiger partial charge on any atom is 0.334 e. The molecular weight excluding hydrogens is 268 g/mol. The Bertz CT molecular complexity index is 870. The molecule has 0 saturated carbocycles. The van der Waals surface area contributed by atoms with Gasteiger partial charge in [-0.1, -0.05) is 11.6 Å². The molecule has 0 aliphatic carbocycles. The number of halogens is 1. The van der Waals surface area contributed by atoms with Crippen molar-refractivity contribution in [3.05, 3.63) is 62.7 Å². The number of hydrogen-bond donors (Lipinski definition) is 1. The van der Waals surface area contributed by atoms with Crippen molar-refractivity contribution >= 4 is 22.5 Å². The molecule has 7 heteroatoms. The lowest BCUT2D eigenvalue weighted by molar-refractivity contribution is 0.899. The minimum absolute atomic E-state index is 0.316. The van der Waals surface area contributed by atoms with E-state index in [9.17, 15) is 9.59 Å². The average Bonchev–Trinajstić information content (AvgIpc) is 2.39. The fourth-order valence-electron chi connectivity index (χ4n) is 1.85. The lowest BCUT2D eigenvalue weighted by Gasteiger charge is -2.07. The molecule has 0 amide bonds. The Hall–Kier alpha value is -2.47. The highest BCUT2D eigenvalue weighted by atomic mass is 35.5. The monoisotopic (exact) mass is 274 g/mol. The zero-order valence-corrected chi connectivity index (χ0v) is 10.3. The van der Waals surface area contributed by atoms with E-state index in [-0.39, 0.29) is 0 Å². The molecule has 0 radical (unpaired) electrons. The molecule has 0 aliphatic heterocycles. The van der Waals surface area contributed by atoms with Gasteiger partial charge < -0.3 is 0 Å². The van der Waals surface area contributed by atoms with Gasteiger partial charge in [-0.25, -0.2) is 14.3 Å². The first-order valence-corrected chi connectivity index (χ1v) is 5.75. The van der Waals surface area contributed by atoms with Crippen molar-refractivity contribution in [2.75, 3.05) is 0 Å². The van der Waals surface area contributed by atoms with Gasteiger partial charge in [0.05, 0.1) is 17.1 Å². The molecule has 19 heavy (non-hydrogen) atoms. The molecule has 2 aromatic heterocycles. The van der Waals surface area contributed by atoms with E-state index in [0.29, 0.717) is 21.7 Å². The lowest BCUT2D eigenvalue weighted by atomic mass is 10.2. The molecule has 0 aliphatic rings. The second kappa shape index (κ2) is 4.33. The van der Waals surface area contributed by atoms with Crippen molar-refractivity contribution in [1.29, 1.82) is 0 Å². The average molecular weight is 275 g/mol. The Morgan fingerprint density at radius 1 is 1.21 bits per heavy atom. The minimum Gasteiger partial charge on any atom is -0.273 e. The SMILES string of the molecule is O=c1[nH]c(=O)n(-c2cnccn2)c2cc(Cl)ccc12. The Balaban J connectivity index is 2.51. The van der Waals surface area contributed by atoms with E-state index < -0.39 is 11.2 Å². The zero-order valence-electron chi connectivity index (χ0n) is 9.50. The first-order valence-electron chi connectivity index (χ1n) is 5.38. The number of nitrogens with zero attached hydrogens (tertiary/aromatic N) is 3. The van der Waals surface area contributed by atoms with E-state index in [1.807, 2.05) is 0 Å². The Morgan fingerprint density at radius 3 is 2.79 bits per heavy atom. The summed E-state index contributed by atoms with van der Waals surface area (Å²) in [6, 6.07) is 4.69. The number of benzene rings is 1. The molecule has 0 unspecified atom stereocenters. The standard InChI is InChI=1S/C12H7ClN4O2/c13-7-1-2-8-9(5-7)17(12(19)16-11(8)18)10-6-14-3-4-15-10/h1-6H,(H,16,18,19). The molecule has 0 bridgehead atoms. The summed E-state index contributed by atoms with van der Waals surface area (Å²) < 4.78 is 1.26. The second-order valence-corrected chi connectivity index (χ2v) is 4.26. The van der Waals surface area contributed by atoms with Crippen molar-refractivity contribution in [3.8, 4) is 5.82 Å². The van der Waals surface area contributed by atoms with Gasteiger partial charge in [-0.05, 0) is 18.2 Å². The number of nitrogens with one attached hydrogen (secondary N) is 1. The second-order valence-electron chi connectivity index (χ2n) is 3.82. The van der Waals surface area contributed by atoms with Crippen LogP contribution in [0.25, 0.3) is 16.7 Å². The molecule has 94 valence electrons. The maximum atomic E-state index is 12.0. The summed E-state index contributed by atoms with van der Waals surface area (Å²) in [5, 5.41) is 0.782. The van der Waals surface area contributed by atoms with Crippen LogP contribution in [0.2, 0.25) is 5.02 Å². The van der Waals surface area contributed by atoms with E-state index in [1.165, 1.54) is 23.2 Å². The van der Waals surface area contributed by atoms with Crippen LogP contribution in [0.5, 0.6) is 0 Å². The van der Waals surface area contributed by atoms with Crippen LogP contribution in [0.4, 0.5) is 0 Å². The van der Waals surface area contributed by atoms with Crippen molar-refractivity contribution in [2.24, 2.45) is 0 Å². The first-order chi connectivity index (χ1) is 9.16. The van der Waals surface area contributed by atoms with Gasteiger partial charge in [0.1, 0.15) is 0 Å². The molecular formula is C12H7ClN4O2. The van der Waals surface area contributed by atoms with Crippen molar-refractivity contribution in [3.63, 3.8) is 0 Å². The molecule has 2 heterocycles. The van der Waals surface area contributed by atoms with E-state index in [4.69, 9.17) is 11.6 Å². The highest BCUT2D eigenvalue weighted by molar-refractivity contribution is 6.31. The third-order valence-corrected chi connectivity index (χ3v) is 2.88. The van der Waals surface area contributed by atoms with Gasteiger partial charge in [0.15, 0.2) is 5.82 Å². The molecule has 1 N–H and O–H groups in total. The minimum atomic E-state index is -0.583. The van der Waals surface area contributed by atoms with E-state index in [0.717, 1.165) is 0 Å². The highest BCUT2D eigenvalue weighted by Crippen LogP contribution is 2.16. The Kier molecular flexibility index (Phi) is 2.64. The van der Waals surface area contributed by atoms with Crippen LogP contribution < -0.4 is 11.2 Å². The third kappa shape index (κ3) is 1.92. The molecule has 3 rings (SSSR count). The molecule has 6 nitrogen and oxygen atoms in total. The largest absolute Gasteiger partial charge is 0.334 e. The Labute approximate surface area is 111 Å². The summed E-state index contributed by atoms with van der Waals surface area (Å²) in [5.74, 6) is 0.316. The lowest BCUT2D eigenvalue weighted by Crippen LogP contribution is -2.29. The molecule has 0 atom stereocenters. The number of aromatic amines is 1. The van der Waals surface area contributed by atoms with E-state index in [2.05, 4.69) is 15.0 Å². The van der Waals surface area contributed by atoms with Gasteiger partial charge in [0.2, 0.25) is 0 Å². The Morgan fingerprint density at radius 2 is 2.05 bits per heavy atom. The zero-order chi connectivity index (χ0) is 13.4. The number of H-pyrrole nitrogens is 1. The van der Waals surface area contributed by atoms with Gasteiger partial charge >= 0.3 is 5.69 Å². The number of aromatic nitrogens is 4. The molecule has 0 saturated heterocycles. The van der Waals surface area contributed by atoms with Crippen molar-refractivity contribution in [2.45, 2.75) is 0 Å². The summed E-state index contributed by atoms with van der Waals surface area (Å²) in [7, 11) is 0. The van der Waals surface area contributed by atoms with Crippen LogP contribution in [-0.2, 0) is 0 Å². The maximum absolute atomic E-state index is 12.0. The summed E-state index contributed by atoms with van der Waals surface area (Å²) >= 11 is 5.92. The summed E-state index contributed by atoms with van der Waals surface area (Å²) in [6.07, 6.45) is 4.39. The van der Waals surface area contributed by atoms with Gasteiger partial charge in [0, 0.05) is 17.4 Å².